The molecule has 3 aromatic rings. The average Bonchev–Trinajstić information content (AvgIpc) is 3.26. The minimum absolute atomic E-state index is 0.111. The summed E-state index contributed by atoms with van der Waals surface area (Å²) in [5.74, 6) is 1.38. The first kappa shape index (κ1) is 15.4. The van der Waals surface area contributed by atoms with Crippen LogP contribution in [-0.2, 0) is 7.05 Å². The predicted octanol–water partition coefficient (Wildman–Crippen LogP) is 2.27. The molecule has 7 nitrogen and oxygen atoms in total. The highest BCUT2D eigenvalue weighted by Gasteiger charge is 2.36. The van der Waals surface area contributed by atoms with E-state index in [1.54, 1.807) is 6.20 Å². The number of hydrogen-bond acceptors (Lipinski definition) is 4. The molecular formula is C18H20N6O. The molecule has 4 rings (SSSR count). The van der Waals surface area contributed by atoms with E-state index in [0.29, 0.717) is 23.0 Å². The van der Waals surface area contributed by atoms with Gasteiger partial charge in [-0.2, -0.15) is 5.10 Å². The van der Waals surface area contributed by atoms with Crippen molar-refractivity contribution in [2.24, 2.45) is 13.0 Å². The van der Waals surface area contributed by atoms with Crippen LogP contribution in [0.4, 0.5) is 5.82 Å². The first-order chi connectivity index (χ1) is 12.1. The zero-order valence-corrected chi connectivity index (χ0v) is 13.9. The summed E-state index contributed by atoms with van der Waals surface area (Å²) in [7, 11) is 1.94. The van der Waals surface area contributed by atoms with E-state index in [1.807, 2.05) is 48.1 Å². The summed E-state index contributed by atoms with van der Waals surface area (Å²) in [6, 6.07) is 9.45. The van der Waals surface area contributed by atoms with Crippen molar-refractivity contribution < 1.29 is 4.79 Å². The molecule has 7 heteroatoms. The number of anilines is 1. The molecule has 0 radical (unpaired) electrons. The molecule has 25 heavy (non-hydrogen) atoms. The molecule has 2 aromatic heterocycles. The van der Waals surface area contributed by atoms with Crippen LogP contribution in [0.3, 0.4) is 0 Å². The van der Waals surface area contributed by atoms with Gasteiger partial charge in [0, 0.05) is 19.4 Å². The summed E-state index contributed by atoms with van der Waals surface area (Å²) in [6.45, 7) is 0. The van der Waals surface area contributed by atoms with Gasteiger partial charge < -0.3 is 15.6 Å². The quantitative estimate of drug-likeness (QED) is 0.665. The lowest BCUT2D eigenvalue weighted by molar-refractivity contribution is 0.0924. The summed E-state index contributed by atoms with van der Waals surface area (Å²) < 4.78 is 1.95. The van der Waals surface area contributed by atoms with Gasteiger partial charge in [0.05, 0.1) is 11.6 Å². The monoisotopic (exact) mass is 336 g/mol. The number of benzene rings is 1. The molecule has 1 aromatic carbocycles. The minimum Gasteiger partial charge on any atom is -0.382 e. The van der Waals surface area contributed by atoms with Crippen LogP contribution in [0.5, 0.6) is 0 Å². The smallest absolute Gasteiger partial charge is 0.270 e. The number of nitrogens with one attached hydrogen (secondary N) is 2. The molecular weight excluding hydrogens is 316 g/mol. The molecule has 1 aliphatic rings. The third kappa shape index (κ3) is 2.88. The van der Waals surface area contributed by atoms with Crippen LogP contribution in [0, 0.1) is 5.92 Å². The highest BCUT2D eigenvalue weighted by molar-refractivity contribution is 6.01. The highest BCUT2D eigenvalue weighted by Crippen LogP contribution is 2.40. The molecule has 0 aliphatic heterocycles. The lowest BCUT2D eigenvalue weighted by atomic mass is 10.0. The van der Waals surface area contributed by atoms with Gasteiger partial charge in [-0.1, -0.05) is 30.3 Å². The van der Waals surface area contributed by atoms with Crippen molar-refractivity contribution in [2.45, 2.75) is 18.9 Å². The molecule has 1 unspecified atom stereocenters. The van der Waals surface area contributed by atoms with Crippen LogP contribution in [0.2, 0.25) is 0 Å². The Balaban J connectivity index is 1.65. The average molecular weight is 336 g/mol. The van der Waals surface area contributed by atoms with Gasteiger partial charge in [0.1, 0.15) is 11.5 Å². The van der Waals surface area contributed by atoms with Crippen molar-refractivity contribution in [3.05, 3.63) is 54.2 Å². The zero-order valence-electron chi connectivity index (χ0n) is 13.9. The van der Waals surface area contributed by atoms with Crippen molar-refractivity contribution in [2.75, 3.05) is 5.73 Å². The fourth-order valence-corrected chi connectivity index (χ4v) is 3.13. The summed E-state index contributed by atoms with van der Waals surface area (Å²) in [6.07, 6.45) is 5.82. The molecule has 1 aliphatic carbocycles. The van der Waals surface area contributed by atoms with E-state index >= 15 is 0 Å². The fourth-order valence-electron chi connectivity index (χ4n) is 3.13. The van der Waals surface area contributed by atoms with Crippen molar-refractivity contribution in [1.29, 1.82) is 0 Å². The number of amides is 1. The number of nitrogens with two attached hydrogens (primary N) is 1. The van der Waals surface area contributed by atoms with Crippen LogP contribution >= 0.6 is 0 Å². The zero-order chi connectivity index (χ0) is 17.4. The molecule has 1 atom stereocenters. The highest BCUT2D eigenvalue weighted by atomic mass is 16.2. The second-order valence-electron chi connectivity index (χ2n) is 6.41. The maximum atomic E-state index is 12.9. The summed E-state index contributed by atoms with van der Waals surface area (Å²) in [5, 5.41) is 9.93. The van der Waals surface area contributed by atoms with E-state index in [4.69, 9.17) is 5.73 Å². The second kappa shape index (κ2) is 6.08. The Hall–Kier alpha value is -3.09. The van der Waals surface area contributed by atoms with E-state index < -0.39 is 0 Å². The van der Waals surface area contributed by atoms with E-state index in [1.165, 1.54) is 0 Å². The van der Waals surface area contributed by atoms with Gasteiger partial charge in [-0.3, -0.25) is 9.89 Å². The van der Waals surface area contributed by atoms with Crippen molar-refractivity contribution >= 4 is 11.7 Å². The first-order valence-corrected chi connectivity index (χ1v) is 8.32. The van der Waals surface area contributed by atoms with E-state index in [-0.39, 0.29) is 11.9 Å². The van der Waals surface area contributed by atoms with Crippen LogP contribution in [0.1, 0.15) is 35.2 Å². The van der Waals surface area contributed by atoms with Crippen molar-refractivity contribution in [1.82, 2.24) is 25.1 Å². The van der Waals surface area contributed by atoms with Gasteiger partial charge in [-0.05, 0) is 24.3 Å². The predicted molar refractivity (Wildman–Crippen MR) is 94.6 cm³/mol. The standard InChI is InChI=1S/C18H20N6O/c1-24-10-9-20-17(24)14(12-7-8-12)21-18(25)15-13(16(19)23-22-15)11-5-3-2-4-6-11/h2-6,9-10,12,14H,7-8H2,1H3,(H,21,25)(H3,19,22,23). The van der Waals surface area contributed by atoms with Gasteiger partial charge in [-0.15, -0.1) is 0 Å². The maximum absolute atomic E-state index is 12.9. The summed E-state index contributed by atoms with van der Waals surface area (Å²) in [4.78, 5) is 17.3. The first-order valence-electron chi connectivity index (χ1n) is 8.32. The third-order valence-corrected chi connectivity index (χ3v) is 4.60. The number of carbonyl (C=O) groups is 1. The third-order valence-electron chi connectivity index (χ3n) is 4.60. The number of nitrogens with zero attached hydrogens (tertiary/aromatic N) is 3. The Morgan fingerprint density at radius 1 is 1.36 bits per heavy atom. The number of aryl methyl sites for hydroxylation is 1. The molecule has 128 valence electrons. The molecule has 0 saturated heterocycles. The van der Waals surface area contributed by atoms with Gasteiger partial charge in [0.15, 0.2) is 5.82 Å². The Bertz CT molecular complexity index is 893. The molecule has 2 heterocycles. The van der Waals surface area contributed by atoms with E-state index in [2.05, 4.69) is 20.5 Å². The lowest BCUT2D eigenvalue weighted by Gasteiger charge is -2.18. The van der Waals surface area contributed by atoms with E-state index in [0.717, 1.165) is 24.2 Å². The number of hydrogen-bond donors (Lipinski definition) is 3. The molecule has 1 saturated carbocycles. The number of imidazole rings is 1. The number of aromatic amines is 1. The van der Waals surface area contributed by atoms with Gasteiger partial charge in [0.2, 0.25) is 0 Å². The van der Waals surface area contributed by atoms with Crippen molar-refractivity contribution in [3.63, 3.8) is 0 Å². The van der Waals surface area contributed by atoms with Crippen LogP contribution in [0.15, 0.2) is 42.7 Å². The maximum Gasteiger partial charge on any atom is 0.270 e. The van der Waals surface area contributed by atoms with Gasteiger partial charge in [-0.25, -0.2) is 4.98 Å². The minimum atomic E-state index is -0.219. The molecule has 0 bridgehead atoms. The Kier molecular flexibility index (Phi) is 3.76. The number of H-pyrrole nitrogens is 1. The fraction of sp³-hybridized carbons (Fsp3) is 0.278. The van der Waals surface area contributed by atoms with Gasteiger partial charge >= 0.3 is 0 Å². The molecule has 0 spiro atoms. The van der Waals surface area contributed by atoms with Crippen LogP contribution in [-0.4, -0.2) is 25.7 Å². The SMILES string of the molecule is Cn1ccnc1C(NC(=O)c1[nH]nc(N)c1-c1ccccc1)C1CC1. The summed E-state index contributed by atoms with van der Waals surface area (Å²) >= 11 is 0. The Morgan fingerprint density at radius 3 is 2.76 bits per heavy atom. The number of aromatic nitrogens is 4. The Labute approximate surface area is 145 Å². The van der Waals surface area contributed by atoms with Crippen molar-refractivity contribution in [3.8, 4) is 11.1 Å². The summed E-state index contributed by atoms with van der Waals surface area (Å²) in [5.41, 5.74) is 7.86. The largest absolute Gasteiger partial charge is 0.382 e. The number of carbonyl (C=O) groups excluding carboxylic acids is 1. The van der Waals surface area contributed by atoms with Crippen LogP contribution < -0.4 is 11.1 Å². The molecule has 1 amide bonds. The van der Waals surface area contributed by atoms with E-state index in [9.17, 15) is 4.79 Å². The molecule has 1 fully saturated rings. The van der Waals surface area contributed by atoms with Gasteiger partial charge in [0.25, 0.3) is 5.91 Å². The number of nitrogen functional groups attached to an aromatic ring is 1. The second-order valence-corrected chi connectivity index (χ2v) is 6.41. The lowest BCUT2D eigenvalue weighted by Crippen LogP contribution is -2.32. The molecule has 4 N–H and O–H groups in total. The van der Waals surface area contributed by atoms with Crippen LogP contribution in [0.25, 0.3) is 11.1 Å². The normalized spacial score (nSPS) is 15.1. The Morgan fingerprint density at radius 2 is 2.12 bits per heavy atom. The number of rotatable bonds is 5. The topological polar surface area (TPSA) is 102 Å².